The van der Waals surface area contributed by atoms with E-state index in [4.69, 9.17) is 0 Å². The lowest BCUT2D eigenvalue weighted by molar-refractivity contribution is -0.116. The molecule has 0 unspecified atom stereocenters. The first kappa shape index (κ1) is 14.9. The molecule has 1 heterocycles. The summed E-state index contributed by atoms with van der Waals surface area (Å²) in [6.45, 7) is 6.26. The second kappa shape index (κ2) is 7.29. The average Bonchev–Trinajstić information content (AvgIpc) is 2.47. The zero-order valence-corrected chi connectivity index (χ0v) is 12.6. The van der Waals surface area contributed by atoms with Gasteiger partial charge in [-0.2, -0.15) is 0 Å². The number of hydrogen-bond acceptors (Lipinski definition) is 3. The summed E-state index contributed by atoms with van der Waals surface area (Å²) in [4.78, 5) is 16.6. The first-order chi connectivity index (χ1) is 9.70. The monoisotopic (exact) mass is 275 g/mol. The third-order valence-electron chi connectivity index (χ3n) is 3.78. The summed E-state index contributed by atoms with van der Waals surface area (Å²) >= 11 is 0. The molecule has 1 aliphatic rings. The van der Waals surface area contributed by atoms with Gasteiger partial charge >= 0.3 is 0 Å². The molecule has 0 aromatic heterocycles. The smallest absolute Gasteiger partial charge is 0.224 e. The molecule has 0 atom stereocenters. The highest BCUT2D eigenvalue weighted by Gasteiger charge is 2.17. The van der Waals surface area contributed by atoms with Crippen molar-refractivity contribution in [1.29, 1.82) is 0 Å². The molecule has 0 bridgehead atoms. The number of nitrogens with one attached hydrogen (secondary N) is 1. The molecule has 1 saturated heterocycles. The SMILES string of the molecule is CCCCC(=O)Nc1ccccc1N1CCN(C)CC1. The predicted octanol–water partition coefficient (Wildman–Crippen LogP) is 2.57. The van der Waals surface area contributed by atoms with Gasteiger partial charge in [-0.3, -0.25) is 4.79 Å². The van der Waals surface area contributed by atoms with E-state index in [-0.39, 0.29) is 5.91 Å². The molecule has 1 aromatic carbocycles. The number of likely N-dealkylation sites (N-methyl/N-ethyl adjacent to an activating group) is 1. The van der Waals surface area contributed by atoms with Gasteiger partial charge in [0.2, 0.25) is 5.91 Å². The zero-order chi connectivity index (χ0) is 14.4. The van der Waals surface area contributed by atoms with E-state index < -0.39 is 0 Å². The lowest BCUT2D eigenvalue weighted by Crippen LogP contribution is -2.44. The molecule has 4 heteroatoms. The minimum atomic E-state index is 0.119. The summed E-state index contributed by atoms with van der Waals surface area (Å²) < 4.78 is 0. The van der Waals surface area contributed by atoms with Crippen molar-refractivity contribution in [1.82, 2.24) is 4.90 Å². The first-order valence-corrected chi connectivity index (χ1v) is 7.53. The van der Waals surface area contributed by atoms with Gasteiger partial charge in [0.1, 0.15) is 0 Å². The van der Waals surface area contributed by atoms with Gasteiger partial charge in [0, 0.05) is 32.6 Å². The van der Waals surface area contributed by atoms with Crippen LogP contribution in [-0.2, 0) is 4.79 Å². The molecular formula is C16H25N3O. The van der Waals surface area contributed by atoms with Gasteiger partial charge in [-0.1, -0.05) is 25.5 Å². The van der Waals surface area contributed by atoms with Gasteiger partial charge in [0.25, 0.3) is 0 Å². The Hall–Kier alpha value is -1.55. The van der Waals surface area contributed by atoms with E-state index in [0.717, 1.165) is 50.4 Å². The highest BCUT2D eigenvalue weighted by atomic mass is 16.1. The molecule has 110 valence electrons. The van der Waals surface area contributed by atoms with E-state index in [1.54, 1.807) is 0 Å². The van der Waals surface area contributed by atoms with Gasteiger partial charge in [-0.25, -0.2) is 0 Å². The second-order valence-electron chi connectivity index (χ2n) is 5.46. The van der Waals surface area contributed by atoms with Crippen molar-refractivity contribution in [3.8, 4) is 0 Å². The van der Waals surface area contributed by atoms with Crippen LogP contribution in [0.2, 0.25) is 0 Å². The molecule has 0 radical (unpaired) electrons. The number of para-hydroxylation sites is 2. The van der Waals surface area contributed by atoms with E-state index in [0.29, 0.717) is 6.42 Å². The highest BCUT2D eigenvalue weighted by Crippen LogP contribution is 2.26. The van der Waals surface area contributed by atoms with Crippen LogP contribution in [0, 0.1) is 0 Å². The third kappa shape index (κ3) is 3.97. The number of benzene rings is 1. The highest BCUT2D eigenvalue weighted by molar-refractivity contribution is 5.94. The summed E-state index contributed by atoms with van der Waals surface area (Å²) in [5.41, 5.74) is 2.09. The topological polar surface area (TPSA) is 35.6 Å². The number of carbonyl (C=O) groups excluding carboxylic acids is 1. The van der Waals surface area contributed by atoms with Gasteiger partial charge in [0.15, 0.2) is 0 Å². The number of piperazine rings is 1. The fourth-order valence-electron chi connectivity index (χ4n) is 2.45. The number of hydrogen-bond donors (Lipinski definition) is 1. The van der Waals surface area contributed by atoms with Crippen LogP contribution in [0.25, 0.3) is 0 Å². The molecule has 2 rings (SSSR count). The summed E-state index contributed by atoms with van der Waals surface area (Å²) in [6, 6.07) is 8.11. The van der Waals surface area contributed by atoms with Crippen molar-refractivity contribution < 1.29 is 4.79 Å². The number of amides is 1. The normalized spacial score (nSPS) is 16.2. The largest absolute Gasteiger partial charge is 0.367 e. The Labute approximate surface area is 121 Å². The molecule has 20 heavy (non-hydrogen) atoms. The Morgan fingerprint density at radius 1 is 1.20 bits per heavy atom. The third-order valence-corrected chi connectivity index (χ3v) is 3.78. The molecule has 1 fully saturated rings. The molecule has 1 aromatic rings. The number of carbonyl (C=O) groups is 1. The fraction of sp³-hybridized carbons (Fsp3) is 0.562. The molecular weight excluding hydrogens is 250 g/mol. The number of unbranched alkanes of at least 4 members (excludes halogenated alkanes) is 1. The van der Waals surface area contributed by atoms with E-state index in [2.05, 4.69) is 35.2 Å². The quantitative estimate of drug-likeness (QED) is 0.897. The van der Waals surface area contributed by atoms with Gasteiger partial charge < -0.3 is 15.1 Å². The van der Waals surface area contributed by atoms with Crippen molar-refractivity contribution in [3.63, 3.8) is 0 Å². The van der Waals surface area contributed by atoms with Crippen LogP contribution in [0.4, 0.5) is 11.4 Å². The van der Waals surface area contributed by atoms with Crippen LogP contribution in [0.15, 0.2) is 24.3 Å². The van der Waals surface area contributed by atoms with E-state index in [1.165, 1.54) is 0 Å². The molecule has 0 aliphatic carbocycles. The van der Waals surface area contributed by atoms with Crippen molar-refractivity contribution in [3.05, 3.63) is 24.3 Å². The van der Waals surface area contributed by atoms with Crippen LogP contribution in [0.3, 0.4) is 0 Å². The van der Waals surface area contributed by atoms with Crippen molar-refractivity contribution in [2.45, 2.75) is 26.2 Å². The van der Waals surface area contributed by atoms with E-state index in [1.807, 2.05) is 18.2 Å². The number of nitrogens with zero attached hydrogens (tertiary/aromatic N) is 2. The summed E-state index contributed by atoms with van der Waals surface area (Å²) in [5, 5.41) is 3.06. The first-order valence-electron chi connectivity index (χ1n) is 7.53. The Balaban J connectivity index is 2.04. The molecule has 0 spiro atoms. The molecule has 1 N–H and O–H groups in total. The summed E-state index contributed by atoms with van der Waals surface area (Å²) in [6.07, 6.45) is 2.60. The maximum atomic E-state index is 11.9. The van der Waals surface area contributed by atoms with Crippen LogP contribution in [0.1, 0.15) is 26.2 Å². The molecule has 0 saturated carbocycles. The van der Waals surface area contributed by atoms with Crippen LogP contribution >= 0.6 is 0 Å². The predicted molar refractivity (Wildman–Crippen MR) is 84.3 cm³/mol. The summed E-state index contributed by atoms with van der Waals surface area (Å²) in [5.74, 6) is 0.119. The Bertz CT molecular complexity index is 439. The van der Waals surface area contributed by atoms with Crippen LogP contribution in [0.5, 0.6) is 0 Å². The van der Waals surface area contributed by atoms with Crippen LogP contribution in [-0.4, -0.2) is 44.0 Å². The zero-order valence-electron chi connectivity index (χ0n) is 12.6. The number of rotatable bonds is 5. The average molecular weight is 275 g/mol. The van der Waals surface area contributed by atoms with Crippen molar-refractivity contribution >= 4 is 17.3 Å². The molecule has 4 nitrogen and oxygen atoms in total. The maximum Gasteiger partial charge on any atom is 0.224 e. The Kier molecular flexibility index (Phi) is 5.41. The Morgan fingerprint density at radius 2 is 1.90 bits per heavy atom. The lowest BCUT2D eigenvalue weighted by Gasteiger charge is -2.35. The maximum absolute atomic E-state index is 11.9. The van der Waals surface area contributed by atoms with E-state index in [9.17, 15) is 4.79 Å². The fourth-order valence-corrected chi connectivity index (χ4v) is 2.45. The van der Waals surface area contributed by atoms with Gasteiger partial charge in [0.05, 0.1) is 11.4 Å². The van der Waals surface area contributed by atoms with Crippen LogP contribution < -0.4 is 10.2 Å². The van der Waals surface area contributed by atoms with Gasteiger partial charge in [-0.05, 0) is 25.6 Å². The standard InChI is InChI=1S/C16H25N3O/c1-3-4-9-16(20)17-14-7-5-6-8-15(14)19-12-10-18(2)11-13-19/h5-8H,3-4,9-13H2,1-2H3,(H,17,20). The van der Waals surface area contributed by atoms with Gasteiger partial charge in [-0.15, -0.1) is 0 Å². The minimum Gasteiger partial charge on any atom is -0.367 e. The summed E-state index contributed by atoms with van der Waals surface area (Å²) in [7, 11) is 2.15. The second-order valence-corrected chi connectivity index (χ2v) is 5.46. The van der Waals surface area contributed by atoms with Crippen molar-refractivity contribution in [2.75, 3.05) is 43.4 Å². The Morgan fingerprint density at radius 3 is 2.60 bits per heavy atom. The van der Waals surface area contributed by atoms with E-state index >= 15 is 0 Å². The number of anilines is 2. The molecule has 1 aliphatic heterocycles. The van der Waals surface area contributed by atoms with Crippen molar-refractivity contribution in [2.24, 2.45) is 0 Å². The molecule has 1 amide bonds. The minimum absolute atomic E-state index is 0.119. The lowest BCUT2D eigenvalue weighted by atomic mass is 10.2.